The fraction of sp³-hybridized carbons (Fsp3) is 0.150. The van der Waals surface area contributed by atoms with E-state index in [4.69, 9.17) is 27.7 Å². The van der Waals surface area contributed by atoms with Crippen LogP contribution < -0.4 is 0 Å². The lowest BCUT2D eigenvalue weighted by Gasteiger charge is -2.05. The SMILES string of the molecule is Cc1cc(C)n(Cc2cccc(-c3nc(-c4ccc(Cl)cc4Cl)no3)c2)n1. The number of benzene rings is 2. The maximum Gasteiger partial charge on any atom is 0.258 e. The lowest BCUT2D eigenvalue weighted by atomic mass is 10.1. The van der Waals surface area contributed by atoms with E-state index in [1.807, 2.05) is 42.8 Å². The highest BCUT2D eigenvalue weighted by Crippen LogP contribution is 2.30. The van der Waals surface area contributed by atoms with Gasteiger partial charge in [0.2, 0.25) is 5.82 Å². The summed E-state index contributed by atoms with van der Waals surface area (Å²) in [5.41, 5.74) is 4.75. The summed E-state index contributed by atoms with van der Waals surface area (Å²) in [4.78, 5) is 4.48. The van der Waals surface area contributed by atoms with Crippen molar-refractivity contribution in [3.63, 3.8) is 0 Å². The quantitative estimate of drug-likeness (QED) is 0.450. The van der Waals surface area contributed by atoms with Crippen molar-refractivity contribution in [3.05, 3.63) is 75.5 Å². The Balaban J connectivity index is 1.63. The van der Waals surface area contributed by atoms with E-state index in [0.29, 0.717) is 33.9 Å². The van der Waals surface area contributed by atoms with Gasteiger partial charge in [0, 0.05) is 21.8 Å². The topological polar surface area (TPSA) is 56.7 Å². The number of halogens is 2. The first-order valence-corrected chi connectivity index (χ1v) is 9.15. The lowest BCUT2D eigenvalue weighted by molar-refractivity contribution is 0.432. The van der Waals surface area contributed by atoms with Gasteiger partial charge in [-0.2, -0.15) is 10.1 Å². The van der Waals surface area contributed by atoms with Gasteiger partial charge in [-0.1, -0.05) is 40.5 Å². The number of aromatic nitrogens is 4. The summed E-state index contributed by atoms with van der Waals surface area (Å²) in [6.45, 7) is 4.71. The predicted molar refractivity (Wildman–Crippen MR) is 106 cm³/mol. The molecular weight excluding hydrogens is 383 g/mol. The first-order chi connectivity index (χ1) is 13.0. The molecule has 4 aromatic rings. The molecule has 27 heavy (non-hydrogen) atoms. The third kappa shape index (κ3) is 3.75. The second kappa shape index (κ2) is 7.18. The van der Waals surface area contributed by atoms with Gasteiger partial charge in [0.15, 0.2) is 0 Å². The van der Waals surface area contributed by atoms with Crippen LogP contribution >= 0.6 is 23.2 Å². The van der Waals surface area contributed by atoms with Crippen molar-refractivity contribution >= 4 is 23.2 Å². The third-order valence-corrected chi connectivity index (χ3v) is 4.76. The molecule has 0 radical (unpaired) electrons. The van der Waals surface area contributed by atoms with Crippen LogP contribution in [0.3, 0.4) is 0 Å². The highest BCUT2D eigenvalue weighted by atomic mass is 35.5. The van der Waals surface area contributed by atoms with Gasteiger partial charge in [-0.05, 0) is 55.8 Å². The van der Waals surface area contributed by atoms with Gasteiger partial charge < -0.3 is 4.52 Å². The maximum absolute atomic E-state index is 6.24. The molecule has 0 N–H and O–H groups in total. The average Bonchev–Trinajstić information content (AvgIpc) is 3.22. The van der Waals surface area contributed by atoms with Gasteiger partial charge in [-0.25, -0.2) is 0 Å². The Morgan fingerprint density at radius 3 is 2.63 bits per heavy atom. The summed E-state index contributed by atoms with van der Waals surface area (Å²) in [5.74, 6) is 0.863. The summed E-state index contributed by atoms with van der Waals surface area (Å²) < 4.78 is 7.42. The van der Waals surface area contributed by atoms with Gasteiger partial charge in [0.05, 0.1) is 17.3 Å². The largest absolute Gasteiger partial charge is 0.334 e. The van der Waals surface area contributed by atoms with Crippen molar-refractivity contribution in [3.8, 4) is 22.8 Å². The van der Waals surface area contributed by atoms with Crippen molar-refractivity contribution in [1.29, 1.82) is 0 Å². The van der Waals surface area contributed by atoms with Crippen molar-refractivity contribution in [2.45, 2.75) is 20.4 Å². The normalized spacial score (nSPS) is 11.1. The molecule has 0 fully saturated rings. The smallest absolute Gasteiger partial charge is 0.258 e. The van der Waals surface area contributed by atoms with Crippen molar-refractivity contribution in [2.24, 2.45) is 0 Å². The first kappa shape index (κ1) is 17.8. The van der Waals surface area contributed by atoms with Crippen LogP contribution in [-0.2, 0) is 6.54 Å². The van der Waals surface area contributed by atoms with Gasteiger partial charge >= 0.3 is 0 Å². The van der Waals surface area contributed by atoms with Gasteiger partial charge in [0.1, 0.15) is 0 Å². The summed E-state index contributed by atoms with van der Waals surface area (Å²) in [6.07, 6.45) is 0. The fourth-order valence-corrected chi connectivity index (χ4v) is 3.42. The Labute approximate surface area is 166 Å². The molecular formula is C20H16Cl2N4O. The molecule has 0 atom stereocenters. The van der Waals surface area contributed by atoms with E-state index < -0.39 is 0 Å². The molecule has 2 heterocycles. The second-order valence-electron chi connectivity index (χ2n) is 6.33. The van der Waals surface area contributed by atoms with Crippen molar-refractivity contribution in [1.82, 2.24) is 19.9 Å². The molecule has 0 spiro atoms. The molecule has 0 bridgehead atoms. The van der Waals surface area contributed by atoms with E-state index >= 15 is 0 Å². The molecule has 136 valence electrons. The third-order valence-electron chi connectivity index (χ3n) is 4.21. The van der Waals surface area contributed by atoms with Crippen LogP contribution in [0.1, 0.15) is 17.0 Å². The zero-order valence-corrected chi connectivity index (χ0v) is 16.3. The minimum absolute atomic E-state index is 0.426. The molecule has 4 rings (SSSR count). The molecule has 0 saturated carbocycles. The molecule has 2 aromatic heterocycles. The van der Waals surface area contributed by atoms with E-state index in [1.54, 1.807) is 18.2 Å². The molecule has 0 unspecified atom stereocenters. The van der Waals surface area contributed by atoms with E-state index in [2.05, 4.69) is 21.3 Å². The number of nitrogens with zero attached hydrogens (tertiary/aromatic N) is 4. The molecule has 0 aliphatic carbocycles. The molecule has 2 aromatic carbocycles. The van der Waals surface area contributed by atoms with E-state index in [0.717, 1.165) is 22.5 Å². The van der Waals surface area contributed by atoms with Gasteiger partial charge in [-0.3, -0.25) is 4.68 Å². The summed E-state index contributed by atoms with van der Waals surface area (Å²) >= 11 is 12.2. The Morgan fingerprint density at radius 1 is 1.04 bits per heavy atom. The standard InChI is InChI=1S/C20H16Cl2N4O/c1-12-8-13(2)26(24-12)11-14-4-3-5-15(9-14)20-23-19(25-27-20)17-7-6-16(21)10-18(17)22/h3-10H,11H2,1-2H3. The Bertz CT molecular complexity index is 1120. The number of hydrogen-bond donors (Lipinski definition) is 0. The van der Waals surface area contributed by atoms with Crippen LogP contribution in [0.2, 0.25) is 10.0 Å². The molecule has 7 heteroatoms. The minimum atomic E-state index is 0.426. The zero-order valence-electron chi connectivity index (χ0n) is 14.8. The number of hydrogen-bond acceptors (Lipinski definition) is 4. The molecule has 0 aliphatic heterocycles. The van der Waals surface area contributed by atoms with Crippen LogP contribution in [0.5, 0.6) is 0 Å². The first-order valence-electron chi connectivity index (χ1n) is 8.39. The van der Waals surface area contributed by atoms with Gasteiger partial charge in [0.25, 0.3) is 5.89 Å². The summed E-state index contributed by atoms with van der Waals surface area (Å²) in [5, 5.41) is 9.60. The molecule has 0 aliphatic rings. The van der Waals surface area contributed by atoms with E-state index in [-0.39, 0.29) is 0 Å². The van der Waals surface area contributed by atoms with E-state index in [1.165, 1.54) is 0 Å². The summed E-state index contributed by atoms with van der Waals surface area (Å²) in [6, 6.07) is 15.2. The summed E-state index contributed by atoms with van der Waals surface area (Å²) in [7, 11) is 0. The van der Waals surface area contributed by atoms with Crippen molar-refractivity contribution < 1.29 is 4.52 Å². The lowest BCUT2D eigenvalue weighted by Crippen LogP contribution is -2.03. The van der Waals surface area contributed by atoms with Crippen LogP contribution in [0, 0.1) is 13.8 Å². The number of rotatable bonds is 4. The highest BCUT2D eigenvalue weighted by Gasteiger charge is 2.14. The predicted octanol–water partition coefficient (Wildman–Crippen LogP) is 5.57. The Hall–Kier alpha value is -2.63. The van der Waals surface area contributed by atoms with E-state index in [9.17, 15) is 0 Å². The second-order valence-corrected chi connectivity index (χ2v) is 7.18. The molecule has 0 saturated heterocycles. The van der Waals surface area contributed by atoms with Crippen LogP contribution in [0.4, 0.5) is 0 Å². The Kier molecular flexibility index (Phi) is 4.72. The van der Waals surface area contributed by atoms with Crippen LogP contribution in [0.15, 0.2) is 53.1 Å². The maximum atomic E-state index is 6.24. The van der Waals surface area contributed by atoms with Crippen LogP contribution in [-0.4, -0.2) is 19.9 Å². The average molecular weight is 399 g/mol. The van der Waals surface area contributed by atoms with Gasteiger partial charge in [-0.15, -0.1) is 0 Å². The fourth-order valence-electron chi connectivity index (χ4n) is 2.93. The molecule has 5 nitrogen and oxygen atoms in total. The highest BCUT2D eigenvalue weighted by molar-refractivity contribution is 6.36. The van der Waals surface area contributed by atoms with Crippen molar-refractivity contribution in [2.75, 3.05) is 0 Å². The monoisotopic (exact) mass is 398 g/mol. The molecule has 0 amide bonds. The van der Waals surface area contributed by atoms with Crippen LogP contribution in [0.25, 0.3) is 22.8 Å². The minimum Gasteiger partial charge on any atom is -0.334 e. The number of aryl methyl sites for hydroxylation is 2. The zero-order chi connectivity index (χ0) is 19.0. The Morgan fingerprint density at radius 2 is 1.89 bits per heavy atom.